The van der Waals surface area contributed by atoms with Crippen molar-refractivity contribution in [3.8, 4) is 0 Å². The summed E-state index contributed by atoms with van der Waals surface area (Å²) in [4.78, 5) is 48.6. The van der Waals surface area contributed by atoms with E-state index in [1.807, 2.05) is 48.6 Å². The van der Waals surface area contributed by atoms with E-state index in [-0.39, 0.29) is 0 Å². The first-order valence-corrected chi connectivity index (χ1v) is 12.8. The zero-order chi connectivity index (χ0) is 30.2. The van der Waals surface area contributed by atoms with Gasteiger partial charge in [-0.2, -0.15) is 0 Å². The van der Waals surface area contributed by atoms with E-state index in [0.29, 0.717) is 33.4 Å². The lowest BCUT2D eigenvalue weighted by Gasteiger charge is -2.07. The lowest BCUT2D eigenvalue weighted by Crippen LogP contribution is -2.07. The number of hydrogen-bond acceptors (Lipinski definition) is 8. The fourth-order valence-electron chi connectivity index (χ4n) is 4.35. The molecule has 0 amide bonds. The lowest BCUT2D eigenvalue weighted by molar-refractivity contribution is 0.0586. The maximum absolute atomic E-state index is 12.3. The third-order valence-corrected chi connectivity index (χ3v) is 6.55. The molecule has 0 N–H and O–H groups in total. The number of fused-ring (bicyclic) bond motifs is 1. The van der Waals surface area contributed by atoms with Crippen LogP contribution in [-0.2, 0) is 18.9 Å². The van der Waals surface area contributed by atoms with Crippen molar-refractivity contribution in [1.82, 2.24) is 0 Å². The van der Waals surface area contributed by atoms with Gasteiger partial charge >= 0.3 is 23.9 Å². The molecule has 42 heavy (non-hydrogen) atoms. The molecule has 8 heteroatoms. The van der Waals surface area contributed by atoms with Crippen LogP contribution in [-0.4, -0.2) is 52.3 Å². The summed E-state index contributed by atoms with van der Waals surface area (Å²) in [7, 11) is 5.18. The van der Waals surface area contributed by atoms with Crippen LogP contribution in [0.1, 0.15) is 63.7 Å². The summed E-state index contributed by atoms with van der Waals surface area (Å²) in [6, 6.07) is 21.1. The summed E-state index contributed by atoms with van der Waals surface area (Å²) in [6.07, 6.45) is 7.16. The molecule has 4 rings (SSSR count). The molecule has 0 fully saturated rings. The number of benzene rings is 4. The monoisotopic (exact) mass is 564 g/mol. The van der Waals surface area contributed by atoms with Crippen molar-refractivity contribution in [3.05, 3.63) is 117 Å². The molecule has 0 saturated carbocycles. The summed E-state index contributed by atoms with van der Waals surface area (Å²) < 4.78 is 19.4. The van der Waals surface area contributed by atoms with Gasteiger partial charge < -0.3 is 18.9 Å². The van der Waals surface area contributed by atoms with E-state index in [2.05, 4.69) is 0 Å². The predicted octanol–water partition coefficient (Wildman–Crippen LogP) is 6.33. The van der Waals surface area contributed by atoms with Gasteiger partial charge in [-0.3, -0.25) is 0 Å². The van der Waals surface area contributed by atoms with Crippen LogP contribution in [0.2, 0.25) is 0 Å². The molecule has 4 aromatic carbocycles. The van der Waals surface area contributed by atoms with E-state index in [1.165, 1.54) is 52.7 Å². The molecule has 0 bridgehead atoms. The van der Waals surface area contributed by atoms with Crippen molar-refractivity contribution >= 4 is 59.0 Å². The molecule has 0 spiro atoms. The van der Waals surface area contributed by atoms with E-state index in [9.17, 15) is 19.2 Å². The first kappa shape index (κ1) is 29.5. The van der Waals surface area contributed by atoms with Crippen LogP contribution in [0.15, 0.2) is 72.8 Å². The van der Waals surface area contributed by atoms with Gasteiger partial charge in [0, 0.05) is 0 Å². The summed E-state index contributed by atoms with van der Waals surface area (Å²) in [6.45, 7) is 0. The van der Waals surface area contributed by atoms with Crippen LogP contribution < -0.4 is 0 Å². The second-order valence-corrected chi connectivity index (χ2v) is 9.10. The summed E-state index contributed by atoms with van der Waals surface area (Å²) in [5, 5.41) is 1.96. The quantitative estimate of drug-likeness (QED) is 0.139. The van der Waals surface area contributed by atoms with Crippen LogP contribution in [0, 0.1) is 0 Å². The van der Waals surface area contributed by atoms with E-state index in [4.69, 9.17) is 18.9 Å². The van der Waals surface area contributed by atoms with Crippen molar-refractivity contribution in [2.45, 2.75) is 0 Å². The standard InChI is InChI=1S/C34H28O8/c1-39-31(35)26-13-15-29(33(37)41-3)24(19-26)11-7-21-5-9-23-10-6-22(18-28(23)17-21)8-12-25-20-27(32(36)40-2)14-16-30(25)34(38)42-4/h5-20H,1-4H3/b11-7+,12-8+. The summed E-state index contributed by atoms with van der Waals surface area (Å²) >= 11 is 0. The van der Waals surface area contributed by atoms with Crippen molar-refractivity contribution in [3.63, 3.8) is 0 Å². The van der Waals surface area contributed by atoms with Gasteiger partial charge in [0.2, 0.25) is 0 Å². The first-order chi connectivity index (χ1) is 20.3. The predicted molar refractivity (Wildman–Crippen MR) is 160 cm³/mol. The fourth-order valence-corrected chi connectivity index (χ4v) is 4.35. The highest BCUT2D eigenvalue weighted by Gasteiger charge is 2.15. The maximum Gasteiger partial charge on any atom is 0.338 e. The zero-order valence-electron chi connectivity index (χ0n) is 23.5. The first-order valence-electron chi connectivity index (χ1n) is 12.8. The van der Waals surface area contributed by atoms with Crippen LogP contribution >= 0.6 is 0 Å². The molecule has 0 aliphatic heterocycles. The van der Waals surface area contributed by atoms with E-state index in [1.54, 1.807) is 24.3 Å². The molecule has 8 nitrogen and oxygen atoms in total. The molecule has 0 radical (unpaired) electrons. The molecule has 212 valence electrons. The third-order valence-electron chi connectivity index (χ3n) is 6.55. The molecular formula is C34H28O8. The van der Waals surface area contributed by atoms with Crippen molar-refractivity contribution < 1.29 is 38.1 Å². The molecule has 0 saturated heterocycles. The van der Waals surface area contributed by atoms with Crippen LogP contribution in [0.4, 0.5) is 0 Å². The summed E-state index contributed by atoms with van der Waals surface area (Å²) in [5.41, 5.74) is 4.01. The van der Waals surface area contributed by atoms with E-state index < -0.39 is 23.9 Å². The summed E-state index contributed by atoms with van der Waals surface area (Å²) in [5.74, 6) is -2.06. The van der Waals surface area contributed by atoms with Gasteiger partial charge in [-0.15, -0.1) is 0 Å². The molecular weight excluding hydrogens is 536 g/mol. The van der Waals surface area contributed by atoms with E-state index >= 15 is 0 Å². The van der Waals surface area contributed by atoms with Crippen LogP contribution in [0.3, 0.4) is 0 Å². The lowest BCUT2D eigenvalue weighted by atomic mass is 10.00. The highest BCUT2D eigenvalue weighted by atomic mass is 16.5. The Bertz CT molecular complexity index is 1620. The fraction of sp³-hybridized carbons (Fsp3) is 0.118. The molecule has 0 atom stereocenters. The van der Waals surface area contributed by atoms with Gasteiger partial charge in [0.15, 0.2) is 0 Å². The Hall–Kier alpha value is -5.50. The highest BCUT2D eigenvalue weighted by molar-refractivity contribution is 5.99. The SMILES string of the molecule is COC(=O)c1ccc(C(=O)OC)c(/C=C/c2ccc3ccc(/C=C/c4cc(C(=O)OC)ccc4C(=O)OC)cc3c2)c1. The normalized spacial score (nSPS) is 11.0. The number of rotatable bonds is 8. The maximum atomic E-state index is 12.3. The Kier molecular flexibility index (Phi) is 9.29. The molecule has 0 aliphatic rings. The van der Waals surface area contributed by atoms with Crippen molar-refractivity contribution in [1.29, 1.82) is 0 Å². The minimum Gasteiger partial charge on any atom is -0.465 e. The molecule has 4 aromatic rings. The molecule has 0 heterocycles. The van der Waals surface area contributed by atoms with Gasteiger partial charge in [-0.05, 0) is 81.6 Å². The topological polar surface area (TPSA) is 105 Å². The number of esters is 4. The van der Waals surface area contributed by atoms with Crippen LogP contribution in [0.25, 0.3) is 35.1 Å². The second kappa shape index (κ2) is 13.2. The van der Waals surface area contributed by atoms with Gasteiger partial charge in [0.05, 0.1) is 50.7 Å². The Morgan fingerprint density at radius 3 is 1.24 bits per heavy atom. The Morgan fingerprint density at radius 2 is 0.857 bits per heavy atom. The van der Waals surface area contributed by atoms with Crippen LogP contribution in [0.5, 0.6) is 0 Å². The second-order valence-electron chi connectivity index (χ2n) is 9.10. The minimum absolute atomic E-state index is 0.312. The Balaban J connectivity index is 1.67. The van der Waals surface area contributed by atoms with Crippen molar-refractivity contribution in [2.24, 2.45) is 0 Å². The minimum atomic E-state index is -0.520. The third kappa shape index (κ3) is 6.62. The average molecular weight is 565 g/mol. The molecule has 0 unspecified atom stereocenters. The number of ether oxygens (including phenoxy) is 4. The number of hydrogen-bond donors (Lipinski definition) is 0. The van der Waals surface area contributed by atoms with Gasteiger partial charge in [0.25, 0.3) is 0 Å². The van der Waals surface area contributed by atoms with E-state index in [0.717, 1.165) is 21.9 Å². The molecule has 0 aromatic heterocycles. The zero-order valence-corrected chi connectivity index (χ0v) is 23.5. The number of methoxy groups -OCH3 is 4. The average Bonchev–Trinajstić information content (AvgIpc) is 3.04. The Labute approximate surface area is 242 Å². The Morgan fingerprint density at radius 1 is 0.452 bits per heavy atom. The molecule has 0 aliphatic carbocycles. The van der Waals surface area contributed by atoms with Crippen molar-refractivity contribution in [2.75, 3.05) is 28.4 Å². The van der Waals surface area contributed by atoms with Gasteiger partial charge in [0.1, 0.15) is 0 Å². The van der Waals surface area contributed by atoms with Gasteiger partial charge in [-0.1, -0.05) is 48.6 Å². The highest BCUT2D eigenvalue weighted by Crippen LogP contribution is 2.23. The smallest absolute Gasteiger partial charge is 0.338 e. The largest absolute Gasteiger partial charge is 0.465 e. The van der Waals surface area contributed by atoms with Gasteiger partial charge in [-0.25, -0.2) is 19.2 Å². The number of carbonyl (C=O) groups is 4. The number of carbonyl (C=O) groups excluding carboxylic acids is 4.